The summed E-state index contributed by atoms with van der Waals surface area (Å²) in [7, 11) is 0. The van der Waals surface area contributed by atoms with Gasteiger partial charge in [-0.2, -0.15) is 0 Å². The quantitative estimate of drug-likeness (QED) is 0.600. The Labute approximate surface area is 168 Å². The van der Waals surface area contributed by atoms with Gasteiger partial charge in [0.25, 0.3) is 0 Å². The van der Waals surface area contributed by atoms with Crippen LogP contribution in [-0.4, -0.2) is 10.7 Å². The van der Waals surface area contributed by atoms with E-state index in [1.807, 2.05) is 18.2 Å². The highest BCUT2D eigenvalue weighted by molar-refractivity contribution is 5.48. The Morgan fingerprint density at radius 3 is 2.50 bits per heavy atom. The van der Waals surface area contributed by atoms with E-state index in [1.54, 1.807) is 18.2 Å². The Morgan fingerprint density at radius 2 is 1.86 bits per heavy atom. The lowest BCUT2D eigenvalue weighted by Gasteiger charge is -2.35. The molecule has 0 radical (unpaired) electrons. The topological polar surface area (TPSA) is 29.5 Å². The maximum Gasteiger partial charge on any atom is 0.120 e. The highest BCUT2D eigenvalue weighted by Crippen LogP contribution is 2.45. The lowest BCUT2D eigenvalue weighted by atomic mass is 9.69. The van der Waals surface area contributed by atoms with Crippen LogP contribution in [0.25, 0.3) is 0 Å². The van der Waals surface area contributed by atoms with Crippen LogP contribution in [-0.2, 0) is 6.42 Å². The number of hydrogen-bond donors (Lipinski definition) is 1. The van der Waals surface area contributed by atoms with E-state index in [1.165, 1.54) is 16.7 Å². The van der Waals surface area contributed by atoms with Gasteiger partial charge in [-0.25, -0.2) is 0 Å². The van der Waals surface area contributed by atoms with Crippen molar-refractivity contribution in [3.8, 4) is 11.5 Å². The fourth-order valence-corrected chi connectivity index (χ4v) is 4.02. The van der Waals surface area contributed by atoms with Gasteiger partial charge >= 0.3 is 0 Å². The minimum Gasteiger partial charge on any atom is -0.508 e. The first-order valence-corrected chi connectivity index (χ1v) is 9.87. The second kappa shape index (κ2) is 8.10. The van der Waals surface area contributed by atoms with Crippen molar-refractivity contribution < 1.29 is 9.84 Å². The number of benzene rings is 2. The number of fused-ring (bicyclic) bond motifs is 1. The van der Waals surface area contributed by atoms with E-state index in [0.29, 0.717) is 5.92 Å². The largest absolute Gasteiger partial charge is 0.508 e. The van der Waals surface area contributed by atoms with Gasteiger partial charge in [0.05, 0.1) is 0 Å². The van der Waals surface area contributed by atoms with Gasteiger partial charge in [-0.3, -0.25) is 0 Å². The minimum atomic E-state index is -0.217. The zero-order chi connectivity index (χ0) is 20.3. The van der Waals surface area contributed by atoms with Crippen LogP contribution in [0.2, 0.25) is 0 Å². The fraction of sp³-hybridized carbons (Fsp3) is 0.308. The first-order valence-electron chi connectivity index (χ1n) is 9.87. The van der Waals surface area contributed by atoms with Gasteiger partial charge in [0.15, 0.2) is 0 Å². The van der Waals surface area contributed by atoms with Crippen LogP contribution >= 0.6 is 0 Å². The maximum absolute atomic E-state index is 9.73. The summed E-state index contributed by atoms with van der Waals surface area (Å²) in [6, 6.07) is 14.0. The monoisotopic (exact) mass is 374 g/mol. The molecule has 0 saturated heterocycles. The van der Waals surface area contributed by atoms with E-state index >= 15 is 0 Å². The third-order valence-corrected chi connectivity index (χ3v) is 5.18. The van der Waals surface area contributed by atoms with Crippen molar-refractivity contribution in [3.05, 3.63) is 96.1 Å². The Morgan fingerprint density at radius 1 is 1.14 bits per heavy atom. The van der Waals surface area contributed by atoms with Gasteiger partial charge in [-0.15, -0.1) is 0 Å². The van der Waals surface area contributed by atoms with Crippen LogP contribution in [0.15, 0.2) is 79.4 Å². The Bertz CT molecular complexity index is 882. The molecule has 0 aromatic heterocycles. The molecular formula is C26H30O2. The van der Waals surface area contributed by atoms with E-state index in [0.717, 1.165) is 24.2 Å². The summed E-state index contributed by atoms with van der Waals surface area (Å²) in [5, 5.41) is 9.73. The molecule has 0 fully saturated rings. The summed E-state index contributed by atoms with van der Waals surface area (Å²) in [4.78, 5) is 0. The lowest BCUT2D eigenvalue weighted by molar-refractivity contribution is 0.130. The van der Waals surface area contributed by atoms with Crippen molar-refractivity contribution in [3.63, 3.8) is 0 Å². The second-order valence-corrected chi connectivity index (χ2v) is 8.46. The number of aryl methyl sites for hydroxylation is 1. The molecule has 3 rings (SSSR count). The third-order valence-electron chi connectivity index (χ3n) is 5.18. The standard InChI is InChI=1S/C26H30O2/c1-6-7-8-18(2)23-15-11-20-17-22(28-26(3,4)5)14-16-24(20)25(23)19-9-12-21(27)13-10-19/h6-10,12-14,16-17,23,25,27H,1-2,11,15H2,3-5H3/b8-7-/t23-,25+/m1/s1. The van der Waals surface area contributed by atoms with Crippen LogP contribution in [0, 0.1) is 5.92 Å². The van der Waals surface area contributed by atoms with Gasteiger partial charge in [-0.05, 0) is 80.5 Å². The van der Waals surface area contributed by atoms with Crippen LogP contribution in [0.1, 0.15) is 49.8 Å². The van der Waals surface area contributed by atoms with Gasteiger partial charge in [0, 0.05) is 5.92 Å². The molecule has 0 bridgehead atoms. The van der Waals surface area contributed by atoms with Crippen molar-refractivity contribution in [2.75, 3.05) is 0 Å². The number of hydrogen-bond acceptors (Lipinski definition) is 2. The zero-order valence-electron chi connectivity index (χ0n) is 17.1. The molecule has 28 heavy (non-hydrogen) atoms. The van der Waals surface area contributed by atoms with Crippen LogP contribution in [0.3, 0.4) is 0 Å². The summed E-state index contributed by atoms with van der Waals surface area (Å²) in [6.45, 7) is 14.3. The number of allylic oxidation sites excluding steroid dienone is 4. The fourth-order valence-electron chi connectivity index (χ4n) is 4.02. The molecule has 0 saturated carbocycles. The molecule has 2 aromatic rings. The Kier molecular flexibility index (Phi) is 5.79. The van der Waals surface area contributed by atoms with E-state index < -0.39 is 0 Å². The van der Waals surface area contributed by atoms with Crippen molar-refractivity contribution in [2.45, 2.75) is 45.1 Å². The molecule has 0 heterocycles. The van der Waals surface area contributed by atoms with Gasteiger partial charge in [0.1, 0.15) is 17.1 Å². The highest BCUT2D eigenvalue weighted by atomic mass is 16.5. The molecule has 2 aromatic carbocycles. The molecule has 0 aliphatic heterocycles. The molecule has 1 aliphatic rings. The predicted molar refractivity (Wildman–Crippen MR) is 117 cm³/mol. The summed E-state index contributed by atoms with van der Waals surface area (Å²) in [5.41, 5.74) is 4.74. The van der Waals surface area contributed by atoms with Gasteiger partial charge < -0.3 is 9.84 Å². The first-order chi connectivity index (χ1) is 13.3. The molecule has 1 aliphatic carbocycles. The third kappa shape index (κ3) is 4.56. The van der Waals surface area contributed by atoms with E-state index in [4.69, 9.17) is 4.74 Å². The van der Waals surface area contributed by atoms with Crippen molar-refractivity contribution in [1.82, 2.24) is 0 Å². The molecule has 2 heteroatoms. The summed E-state index contributed by atoms with van der Waals surface area (Å²) in [6.07, 6.45) is 7.82. The summed E-state index contributed by atoms with van der Waals surface area (Å²) < 4.78 is 6.08. The highest BCUT2D eigenvalue weighted by Gasteiger charge is 2.32. The van der Waals surface area contributed by atoms with E-state index in [-0.39, 0.29) is 17.3 Å². The number of rotatable bonds is 5. The molecule has 0 spiro atoms. The number of phenols is 1. The number of aromatic hydroxyl groups is 1. The first kappa shape index (κ1) is 20.0. The van der Waals surface area contributed by atoms with E-state index in [9.17, 15) is 5.11 Å². The predicted octanol–water partition coefficient (Wildman–Crippen LogP) is 6.56. The smallest absolute Gasteiger partial charge is 0.120 e. The molecule has 2 nitrogen and oxygen atoms in total. The zero-order valence-corrected chi connectivity index (χ0v) is 17.1. The van der Waals surface area contributed by atoms with Crippen LogP contribution < -0.4 is 4.74 Å². The Balaban J connectivity index is 2.03. The van der Waals surface area contributed by atoms with Crippen molar-refractivity contribution in [1.29, 1.82) is 0 Å². The molecule has 0 amide bonds. The van der Waals surface area contributed by atoms with Crippen LogP contribution in [0.5, 0.6) is 11.5 Å². The molecule has 2 atom stereocenters. The van der Waals surface area contributed by atoms with Crippen LogP contribution in [0.4, 0.5) is 0 Å². The average Bonchev–Trinajstić information content (AvgIpc) is 2.64. The number of phenolic OH excluding ortho intramolecular Hbond substituents is 1. The summed E-state index contributed by atoms with van der Waals surface area (Å²) in [5.74, 6) is 1.72. The average molecular weight is 375 g/mol. The maximum atomic E-state index is 9.73. The molecule has 146 valence electrons. The van der Waals surface area contributed by atoms with E-state index in [2.05, 4.69) is 58.2 Å². The second-order valence-electron chi connectivity index (χ2n) is 8.46. The van der Waals surface area contributed by atoms with Gasteiger partial charge in [-0.1, -0.05) is 55.2 Å². The number of ether oxygens (including phenoxy) is 1. The SMILES string of the molecule is C=C/C=C\C(=C)[C@H]1CCc2cc(OC(C)(C)C)ccc2[C@H]1c1ccc(O)cc1. The normalized spacial score (nSPS) is 19.2. The van der Waals surface area contributed by atoms with Gasteiger partial charge in [0.2, 0.25) is 0 Å². The molecule has 0 unspecified atom stereocenters. The molecular weight excluding hydrogens is 344 g/mol. The lowest BCUT2D eigenvalue weighted by Crippen LogP contribution is -2.25. The Hall–Kier alpha value is -2.74. The van der Waals surface area contributed by atoms with Crippen molar-refractivity contribution in [2.24, 2.45) is 5.92 Å². The summed E-state index contributed by atoms with van der Waals surface area (Å²) >= 11 is 0. The minimum absolute atomic E-state index is 0.204. The van der Waals surface area contributed by atoms with Crippen molar-refractivity contribution >= 4 is 0 Å². The molecule has 1 N–H and O–H groups in total.